The molecule has 0 aromatic rings. The van der Waals surface area contributed by atoms with Gasteiger partial charge in [0.2, 0.25) is 0 Å². The van der Waals surface area contributed by atoms with Crippen LogP contribution in [0.15, 0.2) is 12.5 Å². The highest BCUT2D eigenvalue weighted by atomic mass is 16.5. The minimum absolute atomic E-state index is 0.132. The van der Waals surface area contributed by atoms with Crippen molar-refractivity contribution in [1.82, 2.24) is 4.90 Å². The Morgan fingerprint density at radius 3 is 2.27 bits per heavy atom. The van der Waals surface area contributed by atoms with Crippen molar-refractivity contribution in [3.05, 3.63) is 12.5 Å². The minimum atomic E-state index is 0.132. The van der Waals surface area contributed by atoms with Crippen LogP contribution in [0.4, 0.5) is 0 Å². The first kappa shape index (κ1) is 8.44. The fraction of sp³-hybridized carbons (Fsp3) is 0.778. The lowest BCUT2D eigenvalue weighted by Crippen LogP contribution is -2.42. The van der Waals surface area contributed by atoms with E-state index in [4.69, 9.17) is 4.74 Å². The molecule has 0 aliphatic carbocycles. The quantitative estimate of drug-likeness (QED) is 0.530. The van der Waals surface area contributed by atoms with E-state index in [1.165, 1.54) is 0 Å². The summed E-state index contributed by atoms with van der Waals surface area (Å²) in [6.45, 7) is 13.3. The summed E-state index contributed by atoms with van der Waals surface area (Å²) in [5.74, 6) is 0.810. The van der Waals surface area contributed by atoms with Gasteiger partial charge in [0.15, 0.2) is 5.88 Å². The number of rotatable bonds is 0. The summed E-state index contributed by atoms with van der Waals surface area (Å²) in [6, 6.07) is 0.461. The summed E-state index contributed by atoms with van der Waals surface area (Å²) in [4.78, 5) is 2.22. The van der Waals surface area contributed by atoms with Crippen LogP contribution in [0.25, 0.3) is 0 Å². The molecule has 0 spiro atoms. The first-order valence-electron chi connectivity index (χ1n) is 4.04. The molecule has 0 unspecified atom stereocenters. The van der Waals surface area contributed by atoms with Crippen molar-refractivity contribution in [3.63, 3.8) is 0 Å². The van der Waals surface area contributed by atoms with Crippen molar-refractivity contribution in [3.8, 4) is 0 Å². The molecule has 0 N–H and O–H groups in total. The molecule has 1 saturated heterocycles. The van der Waals surface area contributed by atoms with Crippen LogP contribution in [0.1, 0.15) is 27.7 Å². The molecule has 1 heterocycles. The van der Waals surface area contributed by atoms with Crippen molar-refractivity contribution in [2.45, 2.75) is 39.3 Å². The molecule has 1 rings (SSSR count). The third-order valence-corrected chi connectivity index (χ3v) is 1.92. The molecular weight excluding hydrogens is 138 g/mol. The summed E-state index contributed by atoms with van der Waals surface area (Å²) >= 11 is 0. The lowest BCUT2D eigenvalue weighted by atomic mass is 10.1. The van der Waals surface area contributed by atoms with Crippen molar-refractivity contribution < 1.29 is 4.74 Å². The number of ether oxygens (including phenoxy) is 1. The standard InChI is InChI=1S/C9H17NO/c1-7-6-11-8(2)10(7)9(3,4)5/h7H,2,6H2,1,3-5H3/t7-/m1/s1. The lowest BCUT2D eigenvalue weighted by Gasteiger charge is -2.35. The fourth-order valence-corrected chi connectivity index (χ4v) is 1.64. The predicted octanol–water partition coefficient (Wildman–Crippen LogP) is 1.98. The van der Waals surface area contributed by atoms with Crippen LogP contribution in [0.5, 0.6) is 0 Å². The molecule has 1 aliphatic heterocycles. The number of nitrogens with zero attached hydrogens (tertiary/aromatic N) is 1. The zero-order chi connectivity index (χ0) is 8.65. The summed E-state index contributed by atoms with van der Waals surface area (Å²) in [5, 5.41) is 0. The second-order valence-corrected chi connectivity index (χ2v) is 4.09. The lowest BCUT2D eigenvalue weighted by molar-refractivity contribution is 0.148. The van der Waals surface area contributed by atoms with Gasteiger partial charge in [-0.05, 0) is 34.3 Å². The van der Waals surface area contributed by atoms with E-state index < -0.39 is 0 Å². The maximum absolute atomic E-state index is 5.34. The average Bonchev–Trinajstić information content (AvgIpc) is 2.08. The van der Waals surface area contributed by atoms with Gasteiger partial charge in [-0.1, -0.05) is 0 Å². The first-order valence-corrected chi connectivity index (χ1v) is 4.04. The van der Waals surface area contributed by atoms with Crippen LogP contribution < -0.4 is 0 Å². The van der Waals surface area contributed by atoms with Crippen LogP contribution in [0.2, 0.25) is 0 Å². The van der Waals surface area contributed by atoms with Crippen LogP contribution in [0.3, 0.4) is 0 Å². The summed E-state index contributed by atoms with van der Waals surface area (Å²) in [7, 11) is 0. The Kier molecular flexibility index (Phi) is 1.87. The number of hydrogen-bond acceptors (Lipinski definition) is 2. The fourth-order valence-electron chi connectivity index (χ4n) is 1.64. The third kappa shape index (κ3) is 1.50. The molecule has 64 valence electrons. The summed E-state index contributed by atoms with van der Waals surface area (Å²) in [5.41, 5.74) is 0.132. The topological polar surface area (TPSA) is 12.5 Å². The van der Waals surface area contributed by atoms with E-state index >= 15 is 0 Å². The largest absolute Gasteiger partial charge is 0.477 e. The Morgan fingerprint density at radius 2 is 2.09 bits per heavy atom. The van der Waals surface area contributed by atoms with Crippen LogP contribution in [-0.4, -0.2) is 23.1 Å². The smallest absolute Gasteiger partial charge is 0.182 e. The molecule has 0 bridgehead atoms. The van der Waals surface area contributed by atoms with E-state index in [0.717, 1.165) is 12.5 Å². The molecule has 0 aromatic carbocycles. The van der Waals surface area contributed by atoms with Gasteiger partial charge in [-0.15, -0.1) is 0 Å². The average molecular weight is 155 g/mol. The normalized spacial score (nSPS) is 25.6. The van der Waals surface area contributed by atoms with Gasteiger partial charge < -0.3 is 9.64 Å². The van der Waals surface area contributed by atoms with Crippen molar-refractivity contribution in [2.75, 3.05) is 6.61 Å². The van der Waals surface area contributed by atoms with Gasteiger partial charge in [0, 0.05) is 5.54 Å². The zero-order valence-electron chi connectivity index (χ0n) is 7.85. The Balaban J connectivity index is 2.77. The van der Waals surface area contributed by atoms with Gasteiger partial charge in [0.25, 0.3) is 0 Å². The Hall–Kier alpha value is -0.660. The van der Waals surface area contributed by atoms with Gasteiger partial charge in [-0.3, -0.25) is 0 Å². The van der Waals surface area contributed by atoms with E-state index in [1.807, 2.05) is 0 Å². The molecule has 11 heavy (non-hydrogen) atoms. The highest BCUT2D eigenvalue weighted by molar-refractivity contribution is 4.99. The molecule has 0 radical (unpaired) electrons. The molecule has 0 amide bonds. The first-order chi connectivity index (χ1) is 4.93. The molecule has 0 saturated carbocycles. The molecule has 0 aromatic heterocycles. The number of hydrogen-bond donors (Lipinski definition) is 0. The van der Waals surface area contributed by atoms with E-state index in [2.05, 4.69) is 39.2 Å². The highest BCUT2D eigenvalue weighted by Crippen LogP contribution is 2.27. The van der Waals surface area contributed by atoms with Crippen molar-refractivity contribution in [2.24, 2.45) is 0 Å². The molecule has 2 heteroatoms. The van der Waals surface area contributed by atoms with E-state index in [-0.39, 0.29) is 5.54 Å². The molecule has 2 nitrogen and oxygen atoms in total. The van der Waals surface area contributed by atoms with Crippen molar-refractivity contribution in [1.29, 1.82) is 0 Å². The van der Waals surface area contributed by atoms with Crippen LogP contribution in [0, 0.1) is 0 Å². The molecule has 1 fully saturated rings. The third-order valence-electron chi connectivity index (χ3n) is 1.92. The SMILES string of the molecule is C=C1OC[C@@H](C)N1C(C)(C)C. The predicted molar refractivity (Wildman–Crippen MR) is 46.1 cm³/mol. The minimum Gasteiger partial charge on any atom is -0.477 e. The van der Waals surface area contributed by atoms with E-state index in [9.17, 15) is 0 Å². The Morgan fingerprint density at radius 1 is 1.55 bits per heavy atom. The summed E-state index contributed by atoms with van der Waals surface area (Å²) in [6.07, 6.45) is 0. The summed E-state index contributed by atoms with van der Waals surface area (Å²) < 4.78 is 5.34. The Labute approximate surface area is 68.8 Å². The van der Waals surface area contributed by atoms with Crippen molar-refractivity contribution >= 4 is 0 Å². The van der Waals surface area contributed by atoms with E-state index in [0.29, 0.717) is 6.04 Å². The van der Waals surface area contributed by atoms with Gasteiger partial charge in [-0.25, -0.2) is 0 Å². The molecule has 1 atom stereocenters. The van der Waals surface area contributed by atoms with Gasteiger partial charge >= 0.3 is 0 Å². The maximum atomic E-state index is 5.34. The van der Waals surface area contributed by atoms with Gasteiger partial charge in [0.1, 0.15) is 6.61 Å². The van der Waals surface area contributed by atoms with E-state index in [1.54, 1.807) is 0 Å². The second-order valence-electron chi connectivity index (χ2n) is 4.09. The van der Waals surface area contributed by atoms with Gasteiger partial charge in [0.05, 0.1) is 6.04 Å². The zero-order valence-corrected chi connectivity index (χ0v) is 7.85. The maximum Gasteiger partial charge on any atom is 0.182 e. The van der Waals surface area contributed by atoms with Crippen LogP contribution in [-0.2, 0) is 4.74 Å². The monoisotopic (exact) mass is 155 g/mol. The van der Waals surface area contributed by atoms with Crippen LogP contribution >= 0.6 is 0 Å². The highest BCUT2D eigenvalue weighted by Gasteiger charge is 2.33. The molecular formula is C9H17NO. The second kappa shape index (κ2) is 2.43. The molecule has 1 aliphatic rings. The Bertz CT molecular complexity index is 169. The van der Waals surface area contributed by atoms with Gasteiger partial charge in [-0.2, -0.15) is 0 Å².